The van der Waals surface area contributed by atoms with Crippen molar-refractivity contribution in [2.24, 2.45) is 11.3 Å². The van der Waals surface area contributed by atoms with E-state index in [1.807, 2.05) is 0 Å². The van der Waals surface area contributed by atoms with Crippen LogP contribution in [0.4, 0.5) is 0 Å². The number of carbonyl (C=O) groups is 2. The van der Waals surface area contributed by atoms with Crippen molar-refractivity contribution in [3.05, 3.63) is 11.6 Å². The van der Waals surface area contributed by atoms with E-state index < -0.39 is 10.0 Å². The van der Waals surface area contributed by atoms with Crippen LogP contribution in [0.2, 0.25) is 0 Å². The Kier molecular flexibility index (Phi) is 1.74. The highest BCUT2D eigenvalue weighted by Gasteiger charge is 2.74. The van der Waals surface area contributed by atoms with Gasteiger partial charge in [0.05, 0.1) is 5.25 Å². The lowest BCUT2D eigenvalue weighted by atomic mass is 9.68. The normalized spacial score (nSPS) is 50.5. The lowest BCUT2D eigenvalue weighted by Crippen LogP contribution is -2.37. The van der Waals surface area contributed by atoms with E-state index in [0.29, 0.717) is 17.6 Å². The summed E-state index contributed by atoms with van der Waals surface area (Å²) in [6.45, 7) is 4.34. The first-order valence-electron chi connectivity index (χ1n) is 5.81. The van der Waals surface area contributed by atoms with Crippen molar-refractivity contribution in [3.8, 4) is 0 Å². The van der Waals surface area contributed by atoms with E-state index in [2.05, 4.69) is 26.4 Å². The van der Waals surface area contributed by atoms with Gasteiger partial charge in [-0.3, -0.25) is 9.59 Å². The van der Waals surface area contributed by atoms with Crippen molar-refractivity contribution in [1.29, 1.82) is 0 Å². The minimum atomic E-state index is -0.730. The van der Waals surface area contributed by atoms with Gasteiger partial charge in [0.2, 0.25) is 0 Å². The third-order valence-electron chi connectivity index (χ3n) is 5.04. The molecule has 88 valence electrons. The molecule has 0 amide bonds. The summed E-state index contributed by atoms with van der Waals surface area (Å²) >= 11 is 0. The Morgan fingerprint density at radius 3 is 2.62 bits per heavy atom. The van der Waals surface area contributed by atoms with E-state index in [9.17, 15) is 9.59 Å². The summed E-state index contributed by atoms with van der Waals surface area (Å²) in [6.07, 6.45) is 6.80. The lowest BCUT2D eigenvalue weighted by Gasteiger charge is -2.40. The first kappa shape index (κ1) is 10.6. The molecule has 4 atom stereocenters. The van der Waals surface area contributed by atoms with Crippen LogP contribution in [0.25, 0.3) is 0 Å². The summed E-state index contributed by atoms with van der Waals surface area (Å²) < 4.78 is 0. The second-order valence-corrected chi connectivity index (χ2v) is 10.1. The van der Waals surface area contributed by atoms with Gasteiger partial charge in [0.15, 0.2) is 11.6 Å². The maximum Gasteiger partial charge on any atom is 0.172 e. The fraction of sp³-hybridized carbons (Fsp3) is 0.692. The Balaban J connectivity index is 2.16. The SMILES string of the molecule is C[C@@H]1CC(=O)C=C2C(=O)[C@@H]3[C@H]([C@]21C)S3(C)C. The maximum atomic E-state index is 12.3. The molecule has 3 aliphatic rings. The molecular formula is C13H18O2S. The van der Waals surface area contributed by atoms with Crippen molar-refractivity contribution >= 4 is 21.6 Å². The Bertz CT molecular complexity index is 449. The fourth-order valence-corrected chi connectivity index (χ4v) is 8.30. The van der Waals surface area contributed by atoms with Gasteiger partial charge in [-0.05, 0) is 24.5 Å². The second-order valence-electron chi connectivity index (χ2n) is 6.10. The number of hydrogen-bond donors (Lipinski definition) is 0. The number of ketones is 2. The average molecular weight is 238 g/mol. The van der Waals surface area contributed by atoms with Crippen LogP contribution in [0.1, 0.15) is 20.3 Å². The molecule has 0 unspecified atom stereocenters. The highest BCUT2D eigenvalue weighted by atomic mass is 32.3. The van der Waals surface area contributed by atoms with E-state index in [0.717, 1.165) is 5.57 Å². The van der Waals surface area contributed by atoms with E-state index in [4.69, 9.17) is 0 Å². The van der Waals surface area contributed by atoms with Gasteiger partial charge in [0.25, 0.3) is 0 Å². The summed E-state index contributed by atoms with van der Waals surface area (Å²) in [5, 5.41) is 0.805. The zero-order valence-electron chi connectivity index (χ0n) is 10.2. The molecule has 0 bridgehead atoms. The summed E-state index contributed by atoms with van der Waals surface area (Å²) in [5.41, 5.74) is 0.840. The summed E-state index contributed by atoms with van der Waals surface area (Å²) in [5.74, 6) is 0.753. The Morgan fingerprint density at radius 2 is 2.00 bits per heavy atom. The molecule has 0 aromatic carbocycles. The molecule has 1 aliphatic heterocycles. The van der Waals surface area contributed by atoms with Crippen molar-refractivity contribution in [2.45, 2.75) is 30.8 Å². The fourth-order valence-electron chi connectivity index (χ4n) is 3.93. The minimum absolute atomic E-state index is 0.00546. The highest BCUT2D eigenvalue weighted by Crippen LogP contribution is 2.82. The molecule has 0 aromatic heterocycles. The second kappa shape index (κ2) is 2.63. The smallest absolute Gasteiger partial charge is 0.172 e. The molecule has 3 heteroatoms. The largest absolute Gasteiger partial charge is 0.295 e. The molecule has 0 radical (unpaired) electrons. The average Bonchev–Trinajstić information content (AvgIpc) is 2.64. The van der Waals surface area contributed by atoms with Gasteiger partial charge in [-0.1, -0.05) is 13.8 Å². The molecular weight excluding hydrogens is 220 g/mol. The van der Waals surface area contributed by atoms with Gasteiger partial charge in [-0.25, -0.2) is 10.0 Å². The minimum Gasteiger partial charge on any atom is -0.295 e. The molecule has 2 fully saturated rings. The van der Waals surface area contributed by atoms with E-state index in [1.165, 1.54) is 0 Å². The lowest BCUT2D eigenvalue weighted by molar-refractivity contribution is -0.119. The van der Waals surface area contributed by atoms with Gasteiger partial charge >= 0.3 is 0 Å². The van der Waals surface area contributed by atoms with Crippen molar-refractivity contribution in [2.75, 3.05) is 12.5 Å². The van der Waals surface area contributed by atoms with Gasteiger partial charge < -0.3 is 0 Å². The third-order valence-corrected chi connectivity index (χ3v) is 8.59. The number of hydrogen-bond acceptors (Lipinski definition) is 2. The van der Waals surface area contributed by atoms with Crippen LogP contribution in [0.15, 0.2) is 11.6 Å². The van der Waals surface area contributed by atoms with E-state index in [-0.39, 0.29) is 22.2 Å². The van der Waals surface area contributed by atoms with Crippen LogP contribution in [0.3, 0.4) is 0 Å². The predicted octanol–water partition coefficient (Wildman–Crippen LogP) is 1.93. The molecule has 1 saturated heterocycles. The third kappa shape index (κ3) is 0.922. The maximum absolute atomic E-state index is 12.3. The molecule has 0 aromatic rings. The highest BCUT2D eigenvalue weighted by molar-refractivity contribution is 8.40. The Morgan fingerprint density at radius 1 is 1.38 bits per heavy atom. The van der Waals surface area contributed by atoms with Crippen molar-refractivity contribution < 1.29 is 9.59 Å². The summed E-state index contributed by atoms with van der Waals surface area (Å²) in [7, 11) is -0.730. The zero-order chi connectivity index (χ0) is 11.9. The number of allylic oxidation sites excluding steroid dienone is 2. The number of Topliss-reactive ketones (excluding diaryl/α,β-unsaturated/α-hetero) is 1. The monoisotopic (exact) mass is 238 g/mol. The number of carbonyl (C=O) groups excluding carboxylic acids is 2. The summed E-state index contributed by atoms with van der Waals surface area (Å²) in [4.78, 5) is 23.9. The topological polar surface area (TPSA) is 34.1 Å². The van der Waals surface area contributed by atoms with E-state index >= 15 is 0 Å². The van der Waals surface area contributed by atoms with Crippen LogP contribution >= 0.6 is 10.0 Å². The first-order valence-corrected chi connectivity index (χ1v) is 8.39. The predicted molar refractivity (Wildman–Crippen MR) is 67.0 cm³/mol. The van der Waals surface area contributed by atoms with Crippen LogP contribution in [-0.4, -0.2) is 34.6 Å². The summed E-state index contributed by atoms with van der Waals surface area (Å²) in [6, 6.07) is 0. The molecule has 0 N–H and O–H groups in total. The Hall–Kier alpha value is -0.570. The molecule has 2 aliphatic carbocycles. The molecule has 16 heavy (non-hydrogen) atoms. The van der Waals surface area contributed by atoms with Crippen molar-refractivity contribution in [3.63, 3.8) is 0 Å². The first-order chi connectivity index (χ1) is 7.31. The van der Waals surface area contributed by atoms with Crippen LogP contribution in [0, 0.1) is 11.3 Å². The van der Waals surface area contributed by atoms with Crippen LogP contribution < -0.4 is 0 Å². The zero-order valence-corrected chi connectivity index (χ0v) is 11.1. The van der Waals surface area contributed by atoms with Gasteiger partial charge in [0.1, 0.15) is 0 Å². The molecule has 0 spiro atoms. The van der Waals surface area contributed by atoms with Gasteiger partial charge in [-0.2, -0.15) is 0 Å². The Labute approximate surface area is 97.8 Å². The van der Waals surface area contributed by atoms with Crippen LogP contribution in [-0.2, 0) is 9.59 Å². The van der Waals surface area contributed by atoms with Crippen molar-refractivity contribution in [1.82, 2.24) is 0 Å². The van der Waals surface area contributed by atoms with E-state index in [1.54, 1.807) is 6.08 Å². The van der Waals surface area contributed by atoms with Crippen LogP contribution in [0.5, 0.6) is 0 Å². The van der Waals surface area contributed by atoms with Gasteiger partial charge in [0, 0.05) is 22.7 Å². The molecule has 2 nitrogen and oxygen atoms in total. The molecule has 1 heterocycles. The molecule has 3 rings (SSSR count). The van der Waals surface area contributed by atoms with Gasteiger partial charge in [-0.15, -0.1) is 0 Å². The molecule has 1 saturated carbocycles. The number of fused-ring (bicyclic) bond motifs is 3. The number of rotatable bonds is 0. The standard InChI is InChI=1S/C13H18O2S/c1-7-5-8(14)6-9-10(15)11-12(13(7,9)2)16(11,3)4/h6-7,11-12H,5H2,1-4H3/t7-,11-,12-,13+/m1/s1. The quantitative estimate of drug-likeness (QED) is 0.604.